The molecule has 2 heterocycles. The lowest BCUT2D eigenvalue weighted by Crippen LogP contribution is -2.59. The van der Waals surface area contributed by atoms with Crippen LogP contribution in [0.1, 0.15) is 12.8 Å². The molecule has 7 nitrogen and oxygen atoms in total. The van der Waals surface area contributed by atoms with Gasteiger partial charge in [0.2, 0.25) is 0 Å². The zero-order chi connectivity index (χ0) is 15.0. The van der Waals surface area contributed by atoms with Crippen LogP contribution < -0.4 is 0 Å². The Morgan fingerprint density at radius 3 is 2.75 bits per heavy atom. The van der Waals surface area contributed by atoms with Crippen LogP contribution in [0.5, 0.6) is 0 Å². The van der Waals surface area contributed by atoms with Gasteiger partial charge in [0.25, 0.3) is 0 Å². The van der Waals surface area contributed by atoms with Crippen molar-refractivity contribution >= 4 is 26.2 Å². The highest BCUT2D eigenvalue weighted by Crippen LogP contribution is 2.36. The average Bonchev–Trinajstić information content (AvgIpc) is 2.75. The number of likely N-dealkylation sites (tertiary alicyclic amines) is 1. The Kier molecular flexibility index (Phi) is 3.77. The minimum Gasteiger partial charge on any atom is -0.465 e. The molecule has 0 aromatic carbocycles. The van der Waals surface area contributed by atoms with Crippen LogP contribution in [0.4, 0.5) is 4.79 Å². The van der Waals surface area contributed by atoms with E-state index in [1.54, 1.807) is 6.21 Å². The molecular formula is C12H20N4O3Si. The molecule has 0 aromatic rings. The van der Waals surface area contributed by atoms with E-state index in [0.29, 0.717) is 0 Å². The van der Waals surface area contributed by atoms with Gasteiger partial charge in [0.15, 0.2) is 0 Å². The third-order valence-electron chi connectivity index (χ3n) is 3.63. The van der Waals surface area contributed by atoms with E-state index in [9.17, 15) is 14.7 Å². The summed E-state index contributed by atoms with van der Waals surface area (Å²) in [5.41, 5.74) is -0.765. The maximum absolute atomic E-state index is 11.8. The van der Waals surface area contributed by atoms with Crippen LogP contribution in [-0.2, 0) is 4.79 Å². The zero-order valence-corrected chi connectivity index (χ0v) is 13.0. The molecule has 2 atom stereocenters. The van der Waals surface area contributed by atoms with Crippen molar-refractivity contribution in [3.05, 3.63) is 0 Å². The van der Waals surface area contributed by atoms with Crippen LogP contribution in [0.15, 0.2) is 15.4 Å². The lowest BCUT2D eigenvalue weighted by Gasteiger charge is -2.42. The molecule has 0 radical (unpaired) electrons. The summed E-state index contributed by atoms with van der Waals surface area (Å²) in [4.78, 5) is 24.6. The molecule has 1 amide bonds. The summed E-state index contributed by atoms with van der Waals surface area (Å²) in [7, 11) is -1.54. The van der Waals surface area contributed by atoms with E-state index in [4.69, 9.17) is 0 Å². The molecule has 1 N–H and O–H groups in total. The van der Waals surface area contributed by atoms with Gasteiger partial charge in [-0.05, 0) is 11.3 Å². The van der Waals surface area contributed by atoms with Crippen molar-refractivity contribution in [1.29, 1.82) is 0 Å². The highest BCUT2D eigenvalue weighted by Gasteiger charge is 2.49. The Bertz CT molecular complexity index is 472. The fourth-order valence-corrected chi connectivity index (χ4v) is 5.06. The second-order valence-corrected chi connectivity index (χ2v) is 12.1. The smallest absolute Gasteiger partial charge is 0.407 e. The number of ketones is 1. The van der Waals surface area contributed by atoms with Crippen LogP contribution in [0.25, 0.3) is 0 Å². The largest absolute Gasteiger partial charge is 0.465 e. The number of hydrogen-bond acceptors (Lipinski definition) is 5. The van der Waals surface area contributed by atoms with Gasteiger partial charge in [0, 0.05) is 27.5 Å². The highest BCUT2D eigenvalue weighted by molar-refractivity contribution is 6.76. The van der Waals surface area contributed by atoms with Crippen molar-refractivity contribution in [2.75, 3.05) is 6.54 Å². The SMILES string of the molecule is C[Si](C)(C)CC1([C@@H]2CC(=O)CCN2C(=O)O)C=NN=N1. The number of carbonyl (C=O) groups is 2. The first-order valence-corrected chi connectivity index (χ1v) is 10.4. The van der Waals surface area contributed by atoms with Gasteiger partial charge >= 0.3 is 6.09 Å². The number of carboxylic acid groups (broad SMARTS) is 1. The van der Waals surface area contributed by atoms with E-state index < -0.39 is 25.7 Å². The quantitative estimate of drug-likeness (QED) is 0.809. The van der Waals surface area contributed by atoms with E-state index in [0.717, 1.165) is 6.04 Å². The van der Waals surface area contributed by atoms with Gasteiger partial charge in [-0.25, -0.2) is 4.79 Å². The van der Waals surface area contributed by atoms with E-state index in [2.05, 4.69) is 35.1 Å². The molecule has 1 fully saturated rings. The van der Waals surface area contributed by atoms with E-state index >= 15 is 0 Å². The van der Waals surface area contributed by atoms with Crippen molar-refractivity contribution in [2.45, 2.75) is 50.1 Å². The fraction of sp³-hybridized carbons (Fsp3) is 0.750. The number of nitrogens with zero attached hydrogens (tertiary/aromatic N) is 4. The summed E-state index contributed by atoms with van der Waals surface area (Å²) in [6, 6.07) is 0.248. The Morgan fingerprint density at radius 2 is 2.25 bits per heavy atom. The minimum atomic E-state index is -1.54. The number of piperidine rings is 1. The van der Waals surface area contributed by atoms with Crippen LogP contribution in [0.2, 0.25) is 25.7 Å². The third kappa shape index (κ3) is 2.95. The molecule has 0 aromatic heterocycles. The van der Waals surface area contributed by atoms with Crippen LogP contribution >= 0.6 is 0 Å². The molecule has 1 unspecified atom stereocenters. The number of carbonyl (C=O) groups excluding carboxylic acids is 1. The second kappa shape index (κ2) is 5.08. The summed E-state index contributed by atoms with van der Waals surface area (Å²) in [5.74, 6) is 0.0814. The molecule has 8 heteroatoms. The van der Waals surface area contributed by atoms with Crippen molar-refractivity contribution in [1.82, 2.24) is 4.90 Å². The lowest BCUT2D eigenvalue weighted by atomic mass is 9.86. The third-order valence-corrected chi connectivity index (χ3v) is 5.26. The van der Waals surface area contributed by atoms with Gasteiger partial charge in [-0.3, -0.25) is 4.79 Å². The maximum atomic E-state index is 11.8. The molecule has 20 heavy (non-hydrogen) atoms. The molecule has 2 rings (SSSR count). The minimum absolute atomic E-state index is 0.0814. The Labute approximate surface area is 118 Å². The topological polar surface area (TPSA) is 94.7 Å². The molecule has 2 aliphatic heterocycles. The predicted octanol–water partition coefficient (Wildman–Crippen LogP) is 2.23. The van der Waals surface area contributed by atoms with Crippen molar-refractivity contribution in [3.8, 4) is 0 Å². The summed E-state index contributed by atoms with van der Waals surface area (Å²) in [6.45, 7) is 6.79. The van der Waals surface area contributed by atoms with Crippen LogP contribution in [0.3, 0.4) is 0 Å². The normalized spacial score (nSPS) is 30.1. The Balaban J connectivity index is 2.36. The predicted molar refractivity (Wildman–Crippen MR) is 77.0 cm³/mol. The summed E-state index contributed by atoms with van der Waals surface area (Å²) < 4.78 is 0. The molecule has 0 saturated carbocycles. The van der Waals surface area contributed by atoms with Gasteiger partial charge in [-0.15, -0.1) is 5.10 Å². The van der Waals surface area contributed by atoms with E-state index in [1.807, 2.05) is 0 Å². The van der Waals surface area contributed by atoms with Gasteiger partial charge < -0.3 is 10.0 Å². The zero-order valence-electron chi connectivity index (χ0n) is 12.0. The van der Waals surface area contributed by atoms with E-state index in [1.165, 1.54) is 4.90 Å². The fourth-order valence-electron chi connectivity index (χ4n) is 2.97. The van der Waals surface area contributed by atoms with Crippen LogP contribution in [-0.4, -0.2) is 54.3 Å². The number of hydrogen-bond donors (Lipinski definition) is 1. The summed E-state index contributed by atoms with van der Waals surface area (Å²) in [6.07, 6.45) is 1.10. The molecule has 1 saturated heterocycles. The number of rotatable bonds is 3. The maximum Gasteiger partial charge on any atom is 0.407 e. The lowest BCUT2D eigenvalue weighted by molar-refractivity contribution is -0.123. The van der Waals surface area contributed by atoms with E-state index in [-0.39, 0.29) is 25.2 Å². The molecular weight excluding hydrogens is 276 g/mol. The molecule has 0 spiro atoms. The van der Waals surface area contributed by atoms with Crippen LogP contribution in [0, 0.1) is 0 Å². The number of Topliss-reactive ketones (excluding diaryl/α,β-unsaturated/α-hetero) is 1. The highest BCUT2D eigenvalue weighted by atomic mass is 28.3. The average molecular weight is 296 g/mol. The molecule has 0 aliphatic carbocycles. The number of amides is 1. The summed E-state index contributed by atoms with van der Waals surface area (Å²) >= 11 is 0. The van der Waals surface area contributed by atoms with Gasteiger partial charge in [-0.2, -0.15) is 5.11 Å². The van der Waals surface area contributed by atoms with Crippen molar-refractivity contribution in [2.24, 2.45) is 15.4 Å². The molecule has 110 valence electrons. The second-order valence-electron chi connectivity index (χ2n) is 6.65. The summed E-state index contributed by atoms with van der Waals surface area (Å²) in [5, 5.41) is 21.1. The van der Waals surface area contributed by atoms with Crippen molar-refractivity contribution in [3.63, 3.8) is 0 Å². The van der Waals surface area contributed by atoms with Gasteiger partial charge in [-0.1, -0.05) is 19.6 Å². The first-order valence-electron chi connectivity index (χ1n) is 6.71. The monoisotopic (exact) mass is 296 g/mol. The molecule has 2 aliphatic rings. The Morgan fingerprint density at radius 1 is 1.55 bits per heavy atom. The first kappa shape index (κ1) is 14.8. The first-order chi connectivity index (χ1) is 9.23. The van der Waals surface area contributed by atoms with Crippen molar-refractivity contribution < 1.29 is 14.7 Å². The van der Waals surface area contributed by atoms with Gasteiger partial charge in [0.1, 0.15) is 11.3 Å². The standard InChI is InChI=1S/C12H20N4O3Si/c1-20(2,3)8-12(7-13-15-14-12)10-6-9(17)4-5-16(10)11(18)19/h7,10H,4-6,8H2,1-3H3,(H,18,19)/t10-,12?/m0/s1. The van der Waals surface area contributed by atoms with Gasteiger partial charge in [0.05, 0.1) is 12.3 Å². The molecule has 0 bridgehead atoms. The Hall–Kier alpha value is -1.57.